The third-order valence-corrected chi connectivity index (χ3v) is 6.09. The van der Waals surface area contributed by atoms with Gasteiger partial charge in [0.2, 0.25) is 11.8 Å². The van der Waals surface area contributed by atoms with E-state index < -0.39 is 5.25 Å². The molecule has 2 amide bonds. The molecule has 6 nitrogen and oxygen atoms in total. The average Bonchev–Trinajstić information content (AvgIpc) is 3.00. The molecule has 0 aromatic heterocycles. The summed E-state index contributed by atoms with van der Waals surface area (Å²) in [5.74, 6) is 0.390. The number of rotatable bonds is 8. The molecular formula is C22H22BrN3O3S. The van der Waals surface area contributed by atoms with E-state index in [4.69, 9.17) is 4.74 Å². The van der Waals surface area contributed by atoms with Crippen molar-refractivity contribution in [3.05, 3.63) is 65.7 Å². The molecule has 0 unspecified atom stereocenters. The van der Waals surface area contributed by atoms with E-state index in [2.05, 4.69) is 32.8 Å². The number of nitrogens with zero attached hydrogens (tertiary/aromatic N) is 2. The lowest BCUT2D eigenvalue weighted by molar-refractivity contribution is -0.127. The fourth-order valence-electron chi connectivity index (χ4n) is 2.85. The number of hydrogen-bond acceptors (Lipinski definition) is 5. The molecule has 0 aliphatic carbocycles. The molecule has 1 N–H and O–H groups in total. The van der Waals surface area contributed by atoms with Crippen LogP contribution in [0.3, 0.4) is 0 Å². The third kappa shape index (κ3) is 5.52. The maximum absolute atomic E-state index is 12.9. The summed E-state index contributed by atoms with van der Waals surface area (Å²) in [5, 5.41) is 2.87. The summed E-state index contributed by atoms with van der Waals surface area (Å²) in [6, 6.07) is 14.7. The zero-order chi connectivity index (χ0) is 21.5. The van der Waals surface area contributed by atoms with E-state index in [0.29, 0.717) is 29.7 Å². The predicted molar refractivity (Wildman–Crippen MR) is 125 cm³/mol. The predicted octanol–water partition coefficient (Wildman–Crippen LogP) is 4.99. The summed E-state index contributed by atoms with van der Waals surface area (Å²) in [6.45, 7) is 6.58. The van der Waals surface area contributed by atoms with Crippen molar-refractivity contribution in [1.82, 2.24) is 4.90 Å². The van der Waals surface area contributed by atoms with E-state index in [1.165, 1.54) is 11.8 Å². The van der Waals surface area contributed by atoms with Crippen LogP contribution in [0.1, 0.15) is 13.3 Å². The fraction of sp³-hybridized carbons (Fsp3) is 0.227. The number of aliphatic imine (C=N–C) groups is 1. The minimum atomic E-state index is -0.533. The molecule has 1 atom stereocenters. The molecule has 1 saturated heterocycles. The van der Waals surface area contributed by atoms with Crippen molar-refractivity contribution < 1.29 is 14.3 Å². The Morgan fingerprint density at radius 3 is 2.70 bits per heavy atom. The highest BCUT2D eigenvalue weighted by Gasteiger charge is 2.38. The van der Waals surface area contributed by atoms with Gasteiger partial charge < -0.3 is 10.1 Å². The lowest BCUT2D eigenvalue weighted by Crippen LogP contribution is -2.33. The Bertz CT molecular complexity index is 962. The largest absolute Gasteiger partial charge is 0.494 e. The van der Waals surface area contributed by atoms with Crippen LogP contribution >= 0.6 is 27.7 Å². The summed E-state index contributed by atoms with van der Waals surface area (Å²) >= 11 is 4.70. The van der Waals surface area contributed by atoms with Crippen molar-refractivity contribution in [2.45, 2.75) is 18.6 Å². The van der Waals surface area contributed by atoms with Gasteiger partial charge in [-0.3, -0.25) is 14.5 Å². The maximum Gasteiger partial charge on any atom is 0.242 e. The van der Waals surface area contributed by atoms with Gasteiger partial charge in [0.15, 0.2) is 5.17 Å². The first-order valence-electron chi connectivity index (χ1n) is 9.46. The highest BCUT2D eigenvalue weighted by molar-refractivity contribution is 9.10. The molecular weight excluding hydrogens is 466 g/mol. The number of anilines is 1. The molecule has 0 bridgehead atoms. The van der Waals surface area contributed by atoms with Gasteiger partial charge in [-0.15, -0.1) is 6.58 Å². The number of carbonyl (C=O) groups excluding carboxylic acids is 2. The zero-order valence-electron chi connectivity index (χ0n) is 16.5. The SMILES string of the molecule is C=CCN1C(=O)[C@@H](CC(=O)Nc2ccccc2Br)SC1=Nc1ccc(OCC)cc1. The number of thioether (sulfide) groups is 1. The second kappa shape index (κ2) is 10.4. The molecule has 0 saturated carbocycles. The van der Waals surface area contributed by atoms with Gasteiger partial charge in [-0.25, -0.2) is 4.99 Å². The van der Waals surface area contributed by atoms with E-state index >= 15 is 0 Å². The number of nitrogens with one attached hydrogen (secondary N) is 1. The molecule has 1 fully saturated rings. The van der Waals surface area contributed by atoms with Gasteiger partial charge in [-0.1, -0.05) is 30.0 Å². The topological polar surface area (TPSA) is 71.0 Å². The molecule has 8 heteroatoms. The summed E-state index contributed by atoms with van der Waals surface area (Å²) in [7, 11) is 0. The van der Waals surface area contributed by atoms with Crippen LogP contribution < -0.4 is 10.1 Å². The van der Waals surface area contributed by atoms with Crippen LogP contribution in [-0.2, 0) is 9.59 Å². The normalized spacial score (nSPS) is 17.3. The second-order valence-electron chi connectivity index (χ2n) is 6.40. The van der Waals surface area contributed by atoms with Crippen LogP contribution in [0.4, 0.5) is 11.4 Å². The Morgan fingerprint density at radius 2 is 2.03 bits per heavy atom. The number of halogens is 1. The third-order valence-electron chi connectivity index (χ3n) is 4.22. The van der Waals surface area contributed by atoms with Gasteiger partial charge in [0, 0.05) is 17.4 Å². The lowest BCUT2D eigenvalue weighted by atomic mass is 10.2. The molecule has 2 aromatic carbocycles. The van der Waals surface area contributed by atoms with Crippen LogP contribution in [0.25, 0.3) is 0 Å². The molecule has 30 heavy (non-hydrogen) atoms. The van der Waals surface area contributed by atoms with Gasteiger partial charge >= 0.3 is 0 Å². The van der Waals surface area contributed by atoms with Gasteiger partial charge in [-0.2, -0.15) is 0 Å². The second-order valence-corrected chi connectivity index (χ2v) is 8.42. The number of benzene rings is 2. The van der Waals surface area contributed by atoms with E-state index in [-0.39, 0.29) is 18.2 Å². The van der Waals surface area contributed by atoms with E-state index in [1.807, 2.05) is 49.4 Å². The standard InChI is InChI=1S/C22H22BrN3O3S/c1-3-13-26-21(28)19(14-20(27)25-18-8-6-5-7-17(18)23)30-22(26)24-15-9-11-16(12-10-15)29-4-2/h3,5-12,19H,1,4,13-14H2,2H3,(H,25,27)/t19-/m1/s1. The summed E-state index contributed by atoms with van der Waals surface area (Å²) in [5.41, 5.74) is 1.38. The molecule has 156 valence electrons. The van der Waals surface area contributed by atoms with Gasteiger partial charge in [0.1, 0.15) is 11.0 Å². The van der Waals surface area contributed by atoms with Crippen LogP contribution in [0.15, 0.2) is 70.7 Å². The Labute approximate surface area is 188 Å². The molecule has 1 aliphatic heterocycles. The monoisotopic (exact) mass is 487 g/mol. The van der Waals surface area contributed by atoms with Gasteiger partial charge in [0.25, 0.3) is 0 Å². The summed E-state index contributed by atoms with van der Waals surface area (Å²) in [4.78, 5) is 31.5. The van der Waals surface area contributed by atoms with Crippen LogP contribution in [0.2, 0.25) is 0 Å². The molecule has 3 rings (SSSR count). The maximum atomic E-state index is 12.9. The van der Waals surface area contributed by atoms with Crippen molar-refractivity contribution in [3.63, 3.8) is 0 Å². The fourth-order valence-corrected chi connectivity index (χ4v) is 4.40. The van der Waals surface area contributed by atoms with Crippen LogP contribution in [0.5, 0.6) is 5.75 Å². The highest BCUT2D eigenvalue weighted by atomic mass is 79.9. The number of ether oxygens (including phenoxy) is 1. The molecule has 0 spiro atoms. The first-order chi connectivity index (χ1) is 14.5. The Balaban J connectivity index is 1.72. The first kappa shape index (κ1) is 22.1. The van der Waals surface area contributed by atoms with Gasteiger partial charge in [-0.05, 0) is 59.3 Å². The van der Waals surface area contributed by atoms with Crippen LogP contribution in [-0.4, -0.2) is 40.3 Å². The summed E-state index contributed by atoms with van der Waals surface area (Å²) in [6.07, 6.45) is 1.70. The number of amides is 2. The number of amidine groups is 1. The Morgan fingerprint density at radius 1 is 1.30 bits per heavy atom. The number of carbonyl (C=O) groups is 2. The van der Waals surface area contributed by atoms with E-state index in [9.17, 15) is 9.59 Å². The number of hydrogen-bond donors (Lipinski definition) is 1. The van der Waals surface area contributed by atoms with Crippen LogP contribution in [0, 0.1) is 0 Å². The van der Waals surface area contributed by atoms with Crippen molar-refractivity contribution in [3.8, 4) is 5.75 Å². The molecule has 2 aromatic rings. The summed E-state index contributed by atoms with van der Waals surface area (Å²) < 4.78 is 6.23. The van der Waals surface area contributed by atoms with Gasteiger partial charge in [0.05, 0.1) is 18.0 Å². The average molecular weight is 488 g/mol. The lowest BCUT2D eigenvalue weighted by Gasteiger charge is -2.14. The van der Waals surface area contributed by atoms with Crippen molar-refractivity contribution in [2.24, 2.45) is 4.99 Å². The minimum absolute atomic E-state index is 0.0563. The Kier molecular flexibility index (Phi) is 7.70. The quantitative estimate of drug-likeness (QED) is 0.532. The van der Waals surface area contributed by atoms with E-state index in [1.54, 1.807) is 17.0 Å². The van der Waals surface area contributed by atoms with Crippen molar-refractivity contribution in [1.29, 1.82) is 0 Å². The molecule has 0 radical (unpaired) electrons. The highest BCUT2D eigenvalue weighted by Crippen LogP contribution is 2.32. The minimum Gasteiger partial charge on any atom is -0.494 e. The van der Waals surface area contributed by atoms with Crippen molar-refractivity contribution >= 4 is 56.0 Å². The van der Waals surface area contributed by atoms with Crippen molar-refractivity contribution in [2.75, 3.05) is 18.5 Å². The Hall–Kier alpha value is -2.58. The van der Waals surface area contributed by atoms with E-state index in [0.717, 1.165) is 10.2 Å². The molecule has 1 aliphatic rings. The molecule has 1 heterocycles. The first-order valence-corrected chi connectivity index (χ1v) is 11.1. The zero-order valence-corrected chi connectivity index (χ0v) is 18.9. The smallest absolute Gasteiger partial charge is 0.242 e. The number of para-hydroxylation sites is 1.